The van der Waals surface area contributed by atoms with E-state index in [0.29, 0.717) is 44.7 Å². The minimum Gasteiger partial charge on any atom is -0.378 e. The predicted octanol–water partition coefficient (Wildman–Crippen LogP) is 0.677. The molecule has 1 saturated heterocycles. The fourth-order valence-corrected chi connectivity index (χ4v) is 2.26. The van der Waals surface area contributed by atoms with Crippen molar-refractivity contribution in [2.45, 2.75) is 18.9 Å². The van der Waals surface area contributed by atoms with Crippen LogP contribution in [-0.4, -0.2) is 43.2 Å². The van der Waals surface area contributed by atoms with E-state index in [1.807, 2.05) is 17.0 Å². The lowest BCUT2D eigenvalue weighted by Gasteiger charge is -2.27. The monoisotopic (exact) mass is 273 g/mol. The molecule has 1 aromatic carbocycles. The van der Waals surface area contributed by atoms with Gasteiger partial charge in [-0.15, -0.1) is 0 Å². The van der Waals surface area contributed by atoms with Gasteiger partial charge >= 0.3 is 0 Å². The first kappa shape index (κ1) is 14.5. The van der Waals surface area contributed by atoms with Crippen LogP contribution in [0, 0.1) is 11.3 Å². The van der Waals surface area contributed by atoms with E-state index < -0.39 is 0 Å². The Morgan fingerprint density at radius 1 is 1.35 bits per heavy atom. The van der Waals surface area contributed by atoms with Crippen LogP contribution in [0.3, 0.4) is 0 Å². The summed E-state index contributed by atoms with van der Waals surface area (Å²) in [6.45, 7) is 2.53. The third kappa shape index (κ3) is 4.05. The average Bonchev–Trinajstić information content (AvgIpc) is 2.49. The van der Waals surface area contributed by atoms with Gasteiger partial charge in [-0.25, -0.2) is 0 Å². The summed E-state index contributed by atoms with van der Waals surface area (Å²) >= 11 is 0. The molecule has 0 saturated carbocycles. The first-order chi connectivity index (χ1) is 9.69. The predicted molar refractivity (Wildman–Crippen MR) is 74.9 cm³/mol. The number of rotatable bonds is 4. The minimum atomic E-state index is -0.196. The largest absolute Gasteiger partial charge is 0.378 e. The molecule has 0 aromatic heterocycles. The van der Waals surface area contributed by atoms with Crippen LogP contribution < -0.4 is 5.73 Å². The lowest BCUT2D eigenvalue weighted by molar-refractivity contribution is -0.135. The van der Waals surface area contributed by atoms with E-state index in [1.165, 1.54) is 0 Å². The third-order valence-corrected chi connectivity index (χ3v) is 3.38. The van der Waals surface area contributed by atoms with Gasteiger partial charge in [-0.2, -0.15) is 5.26 Å². The number of benzene rings is 1. The highest BCUT2D eigenvalue weighted by atomic mass is 16.5. The highest BCUT2D eigenvalue weighted by Gasteiger charge is 2.19. The molecule has 1 aliphatic rings. The van der Waals surface area contributed by atoms with E-state index >= 15 is 0 Å². The second-order valence-corrected chi connectivity index (χ2v) is 4.97. The molecule has 1 atom stereocenters. The number of hydrogen-bond acceptors (Lipinski definition) is 4. The molecule has 1 amide bonds. The highest BCUT2D eigenvalue weighted by molar-refractivity contribution is 5.76. The molecule has 0 unspecified atom stereocenters. The van der Waals surface area contributed by atoms with Crippen molar-refractivity contribution in [1.82, 2.24) is 4.90 Å². The molecule has 20 heavy (non-hydrogen) atoms. The van der Waals surface area contributed by atoms with E-state index in [-0.39, 0.29) is 11.9 Å². The van der Waals surface area contributed by atoms with Crippen LogP contribution in [0.25, 0.3) is 0 Å². The maximum Gasteiger partial charge on any atom is 0.224 e. The maximum atomic E-state index is 12.0. The van der Waals surface area contributed by atoms with Crippen LogP contribution in [0.1, 0.15) is 17.5 Å². The maximum absolute atomic E-state index is 12.0. The molecule has 2 N–H and O–H groups in total. The zero-order valence-corrected chi connectivity index (χ0v) is 11.4. The Morgan fingerprint density at radius 3 is 2.60 bits per heavy atom. The number of nitrogens with two attached hydrogens (primary N) is 1. The Morgan fingerprint density at radius 2 is 2.00 bits per heavy atom. The number of carbonyl (C=O) groups is 1. The molecule has 1 heterocycles. The number of carbonyl (C=O) groups excluding carboxylic acids is 1. The van der Waals surface area contributed by atoms with Gasteiger partial charge in [0.25, 0.3) is 0 Å². The number of nitriles is 1. The van der Waals surface area contributed by atoms with Gasteiger partial charge in [-0.1, -0.05) is 12.1 Å². The second kappa shape index (κ2) is 7.04. The van der Waals surface area contributed by atoms with Gasteiger partial charge in [0.2, 0.25) is 5.91 Å². The van der Waals surface area contributed by atoms with Crippen LogP contribution in [0.5, 0.6) is 0 Å². The summed E-state index contributed by atoms with van der Waals surface area (Å²) in [6, 6.07) is 9.20. The third-order valence-electron chi connectivity index (χ3n) is 3.38. The average molecular weight is 273 g/mol. The summed E-state index contributed by atoms with van der Waals surface area (Å²) in [6.07, 6.45) is 0.988. The van der Waals surface area contributed by atoms with Gasteiger partial charge in [0.1, 0.15) is 0 Å². The van der Waals surface area contributed by atoms with Crippen molar-refractivity contribution >= 4 is 5.91 Å². The molecule has 2 rings (SSSR count). The van der Waals surface area contributed by atoms with Crippen LogP contribution >= 0.6 is 0 Å². The van der Waals surface area contributed by atoms with Crippen molar-refractivity contribution in [2.24, 2.45) is 5.73 Å². The van der Waals surface area contributed by atoms with Crippen molar-refractivity contribution in [1.29, 1.82) is 5.26 Å². The molecule has 5 nitrogen and oxygen atoms in total. The van der Waals surface area contributed by atoms with Crippen LogP contribution in [-0.2, 0) is 16.0 Å². The normalized spacial score (nSPS) is 16.5. The van der Waals surface area contributed by atoms with Gasteiger partial charge in [0.05, 0.1) is 24.8 Å². The zero-order chi connectivity index (χ0) is 14.4. The van der Waals surface area contributed by atoms with Gasteiger partial charge < -0.3 is 15.4 Å². The summed E-state index contributed by atoms with van der Waals surface area (Å²) in [5, 5.41) is 8.74. The molecule has 1 aliphatic heterocycles. The van der Waals surface area contributed by atoms with E-state index in [4.69, 9.17) is 15.7 Å². The van der Waals surface area contributed by atoms with E-state index in [9.17, 15) is 4.79 Å². The zero-order valence-electron chi connectivity index (χ0n) is 11.4. The standard InChI is InChI=1S/C15H19N3O2/c16-11-13-3-1-12(2-4-13)9-14(17)10-15(19)18-5-7-20-8-6-18/h1-4,14H,5-10,17H2/t14-/m1/s1. The Kier molecular flexibility index (Phi) is 5.10. The van der Waals surface area contributed by atoms with E-state index in [2.05, 4.69) is 6.07 Å². The Labute approximate surface area is 118 Å². The lowest BCUT2D eigenvalue weighted by atomic mass is 10.0. The number of nitrogens with zero attached hydrogens (tertiary/aromatic N) is 2. The van der Waals surface area contributed by atoms with Gasteiger partial charge in [0.15, 0.2) is 0 Å². The Bertz CT molecular complexity index is 487. The molecule has 1 fully saturated rings. The first-order valence-corrected chi connectivity index (χ1v) is 6.79. The summed E-state index contributed by atoms with van der Waals surface area (Å²) in [7, 11) is 0. The number of amides is 1. The molecular weight excluding hydrogens is 254 g/mol. The van der Waals surface area contributed by atoms with Gasteiger partial charge in [-0.3, -0.25) is 4.79 Å². The summed E-state index contributed by atoms with van der Waals surface area (Å²) in [4.78, 5) is 13.9. The second-order valence-electron chi connectivity index (χ2n) is 4.97. The van der Waals surface area contributed by atoms with Crippen molar-refractivity contribution in [3.63, 3.8) is 0 Å². The Balaban J connectivity index is 1.83. The topological polar surface area (TPSA) is 79.3 Å². The fraction of sp³-hybridized carbons (Fsp3) is 0.467. The van der Waals surface area contributed by atoms with Gasteiger partial charge in [-0.05, 0) is 24.1 Å². The number of ether oxygens (including phenoxy) is 1. The van der Waals surface area contributed by atoms with E-state index in [0.717, 1.165) is 5.56 Å². The molecule has 0 radical (unpaired) electrons. The summed E-state index contributed by atoms with van der Waals surface area (Å²) in [5.41, 5.74) is 7.72. The quantitative estimate of drug-likeness (QED) is 0.874. The van der Waals surface area contributed by atoms with Crippen molar-refractivity contribution < 1.29 is 9.53 Å². The van der Waals surface area contributed by atoms with Crippen molar-refractivity contribution in [3.05, 3.63) is 35.4 Å². The number of hydrogen-bond donors (Lipinski definition) is 1. The minimum absolute atomic E-state index is 0.0921. The molecule has 0 bridgehead atoms. The van der Waals surface area contributed by atoms with Crippen LogP contribution in [0.15, 0.2) is 24.3 Å². The Hall–Kier alpha value is -1.90. The highest BCUT2D eigenvalue weighted by Crippen LogP contribution is 2.09. The molecule has 0 aliphatic carbocycles. The molecule has 5 heteroatoms. The fourth-order valence-electron chi connectivity index (χ4n) is 2.26. The summed E-state index contributed by atoms with van der Waals surface area (Å²) < 4.78 is 5.22. The molecular formula is C15H19N3O2. The first-order valence-electron chi connectivity index (χ1n) is 6.79. The molecule has 0 spiro atoms. The number of morpholine rings is 1. The molecule has 1 aromatic rings. The smallest absolute Gasteiger partial charge is 0.224 e. The van der Waals surface area contributed by atoms with Crippen molar-refractivity contribution in [3.8, 4) is 6.07 Å². The van der Waals surface area contributed by atoms with Gasteiger partial charge in [0, 0.05) is 25.6 Å². The van der Waals surface area contributed by atoms with Crippen molar-refractivity contribution in [2.75, 3.05) is 26.3 Å². The lowest BCUT2D eigenvalue weighted by Crippen LogP contribution is -2.43. The van der Waals surface area contributed by atoms with Crippen LogP contribution in [0.4, 0.5) is 0 Å². The van der Waals surface area contributed by atoms with E-state index in [1.54, 1.807) is 12.1 Å². The summed E-state index contributed by atoms with van der Waals surface area (Å²) in [5.74, 6) is 0.0921. The molecule has 106 valence electrons. The SMILES string of the molecule is N#Cc1ccc(C[C@@H](N)CC(=O)N2CCOCC2)cc1. The van der Waals surface area contributed by atoms with Crippen LogP contribution in [0.2, 0.25) is 0 Å².